The number of aryl methyl sites for hydroxylation is 1. The lowest BCUT2D eigenvalue weighted by atomic mass is 10.2. The predicted molar refractivity (Wildman–Crippen MR) is 88.3 cm³/mol. The summed E-state index contributed by atoms with van der Waals surface area (Å²) in [5, 5.41) is 11.2. The van der Waals surface area contributed by atoms with Crippen LogP contribution in [0.1, 0.15) is 18.7 Å². The van der Waals surface area contributed by atoms with Gasteiger partial charge in [-0.2, -0.15) is 0 Å². The first-order valence-electron chi connectivity index (χ1n) is 7.49. The number of amides is 1. The van der Waals surface area contributed by atoms with Gasteiger partial charge in [0.25, 0.3) is 0 Å². The molecular weight excluding hydrogens is 354 g/mol. The number of aromatic nitrogens is 2. The van der Waals surface area contributed by atoms with Crippen LogP contribution in [0.5, 0.6) is 0 Å². The molecule has 0 radical (unpaired) electrons. The van der Waals surface area contributed by atoms with Crippen molar-refractivity contribution in [3.05, 3.63) is 35.2 Å². The summed E-state index contributed by atoms with van der Waals surface area (Å²) >= 11 is 5.83. The number of nitrogens with zero attached hydrogens (tertiary/aromatic N) is 2. The molecule has 0 saturated carbocycles. The number of carbonyl (C=O) groups excluding carboxylic acids is 1. The zero-order valence-corrected chi connectivity index (χ0v) is 14.3. The highest BCUT2D eigenvalue weighted by atomic mass is 35.5. The van der Waals surface area contributed by atoms with E-state index in [0.717, 1.165) is 5.56 Å². The Morgan fingerprint density at radius 3 is 2.71 bits per heavy atom. The third kappa shape index (κ3) is 4.33. The van der Waals surface area contributed by atoms with E-state index >= 15 is 0 Å². The second kappa shape index (κ2) is 6.90. The number of hydrogen-bond donors (Lipinski definition) is 1. The number of carbonyl (C=O) groups is 1. The molecule has 24 heavy (non-hydrogen) atoms. The van der Waals surface area contributed by atoms with Gasteiger partial charge in [0.05, 0.1) is 11.5 Å². The molecule has 0 bridgehead atoms. The molecule has 1 saturated heterocycles. The van der Waals surface area contributed by atoms with Crippen molar-refractivity contribution in [2.45, 2.75) is 25.3 Å². The summed E-state index contributed by atoms with van der Waals surface area (Å²) in [6.07, 6.45) is 0.931. The summed E-state index contributed by atoms with van der Waals surface area (Å²) in [7, 11) is -3.00. The number of rotatable bonds is 5. The summed E-state index contributed by atoms with van der Waals surface area (Å²) in [5.74, 6) is 0.646. The average molecular weight is 370 g/mol. The molecule has 1 amide bonds. The van der Waals surface area contributed by atoms with Crippen molar-refractivity contribution in [1.29, 1.82) is 0 Å². The van der Waals surface area contributed by atoms with Crippen LogP contribution in [-0.2, 0) is 21.1 Å². The van der Waals surface area contributed by atoms with Gasteiger partial charge in [-0.3, -0.25) is 4.79 Å². The fraction of sp³-hybridized carbons (Fsp3) is 0.400. The zero-order valence-electron chi connectivity index (χ0n) is 12.7. The Bertz CT molecular complexity index is 833. The van der Waals surface area contributed by atoms with Gasteiger partial charge in [0, 0.05) is 29.5 Å². The fourth-order valence-corrected chi connectivity index (χ4v) is 4.29. The Hall–Kier alpha value is -1.93. The van der Waals surface area contributed by atoms with Gasteiger partial charge >= 0.3 is 0 Å². The minimum absolute atomic E-state index is 0.0139. The van der Waals surface area contributed by atoms with E-state index in [4.69, 9.17) is 16.0 Å². The van der Waals surface area contributed by atoms with E-state index in [2.05, 4.69) is 15.5 Å². The van der Waals surface area contributed by atoms with E-state index in [0.29, 0.717) is 29.6 Å². The fourth-order valence-electron chi connectivity index (χ4n) is 2.49. The molecule has 9 heteroatoms. The van der Waals surface area contributed by atoms with E-state index in [1.54, 1.807) is 24.3 Å². The lowest BCUT2D eigenvalue weighted by Crippen LogP contribution is -2.35. The molecule has 0 spiro atoms. The van der Waals surface area contributed by atoms with Gasteiger partial charge in [-0.1, -0.05) is 11.6 Å². The monoisotopic (exact) mass is 369 g/mol. The van der Waals surface area contributed by atoms with Crippen LogP contribution in [0.2, 0.25) is 5.02 Å². The van der Waals surface area contributed by atoms with Crippen molar-refractivity contribution in [2.24, 2.45) is 0 Å². The molecular formula is C15H16ClN3O4S. The Morgan fingerprint density at radius 1 is 1.29 bits per heavy atom. The standard InChI is InChI=1S/C15H16ClN3O4S/c16-11-3-1-10(2-4-11)15-19-18-14(23-15)6-5-13(20)17-12-7-8-24(21,22)9-12/h1-4,12H,5-9H2,(H,17,20). The molecule has 0 aliphatic carbocycles. The van der Waals surface area contributed by atoms with Crippen molar-refractivity contribution in [3.63, 3.8) is 0 Å². The Morgan fingerprint density at radius 2 is 2.04 bits per heavy atom. The minimum Gasteiger partial charge on any atom is -0.421 e. The van der Waals surface area contributed by atoms with E-state index in [1.165, 1.54) is 0 Å². The van der Waals surface area contributed by atoms with Crippen molar-refractivity contribution >= 4 is 27.3 Å². The first kappa shape index (κ1) is 16.9. The van der Waals surface area contributed by atoms with Gasteiger partial charge in [-0.15, -0.1) is 10.2 Å². The lowest BCUT2D eigenvalue weighted by Gasteiger charge is -2.09. The first-order valence-corrected chi connectivity index (χ1v) is 9.69. The molecule has 1 atom stereocenters. The van der Waals surface area contributed by atoms with Crippen LogP contribution in [-0.4, -0.2) is 42.1 Å². The maximum Gasteiger partial charge on any atom is 0.247 e. The van der Waals surface area contributed by atoms with Crippen LogP contribution in [0.4, 0.5) is 0 Å². The smallest absolute Gasteiger partial charge is 0.247 e. The van der Waals surface area contributed by atoms with Crippen molar-refractivity contribution in [2.75, 3.05) is 11.5 Å². The lowest BCUT2D eigenvalue weighted by molar-refractivity contribution is -0.121. The van der Waals surface area contributed by atoms with Crippen molar-refractivity contribution in [3.8, 4) is 11.5 Å². The van der Waals surface area contributed by atoms with E-state index < -0.39 is 9.84 Å². The zero-order chi connectivity index (χ0) is 17.2. The maximum absolute atomic E-state index is 11.9. The third-order valence-corrected chi connectivity index (χ3v) is 5.74. The van der Waals surface area contributed by atoms with Crippen LogP contribution in [0.25, 0.3) is 11.5 Å². The molecule has 128 valence electrons. The van der Waals surface area contributed by atoms with Gasteiger partial charge < -0.3 is 9.73 Å². The Kier molecular flexibility index (Phi) is 4.86. The molecule has 7 nitrogen and oxygen atoms in total. The molecule has 2 heterocycles. The topological polar surface area (TPSA) is 102 Å². The van der Waals surface area contributed by atoms with Crippen molar-refractivity contribution < 1.29 is 17.6 Å². The maximum atomic E-state index is 11.9. The summed E-state index contributed by atoms with van der Waals surface area (Å²) in [6.45, 7) is 0. The molecule has 1 N–H and O–H groups in total. The summed E-state index contributed by atoms with van der Waals surface area (Å²) in [5.41, 5.74) is 0.749. The second-order valence-corrected chi connectivity index (χ2v) is 8.34. The second-order valence-electron chi connectivity index (χ2n) is 5.68. The average Bonchev–Trinajstić information content (AvgIpc) is 3.12. The minimum atomic E-state index is -3.00. The largest absolute Gasteiger partial charge is 0.421 e. The Labute approximate surface area is 144 Å². The molecule has 1 unspecified atom stereocenters. The van der Waals surface area contributed by atoms with Crippen LogP contribution >= 0.6 is 11.6 Å². The normalized spacial score (nSPS) is 19.3. The first-order chi connectivity index (χ1) is 11.4. The molecule has 1 aliphatic heterocycles. The van der Waals surface area contributed by atoms with Gasteiger partial charge in [0.2, 0.25) is 17.7 Å². The summed E-state index contributed by atoms with van der Waals surface area (Å²) < 4.78 is 28.3. The van der Waals surface area contributed by atoms with Gasteiger partial charge in [-0.05, 0) is 30.7 Å². The molecule has 1 aliphatic rings. The number of hydrogen-bond acceptors (Lipinski definition) is 6. The number of sulfone groups is 1. The third-order valence-electron chi connectivity index (χ3n) is 3.72. The molecule has 1 aromatic carbocycles. The number of halogens is 1. The summed E-state index contributed by atoms with van der Waals surface area (Å²) in [4.78, 5) is 11.9. The molecule has 2 aromatic rings. The molecule has 3 rings (SSSR count). The SMILES string of the molecule is O=C(CCc1nnc(-c2ccc(Cl)cc2)o1)NC1CCS(=O)(=O)C1. The molecule has 1 fully saturated rings. The van der Waals surface area contributed by atoms with Crippen LogP contribution < -0.4 is 5.32 Å². The quantitative estimate of drug-likeness (QED) is 0.859. The van der Waals surface area contributed by atoms with Crippen LogP contribution in [0.3, 0.4) is 0 Å². The van der Waals surface area contributed by atoms with E-state index in [-0.39, 0.29) is 29.9 Å². The van der Waals surface area contributed by atoms with E-state index in [9.17, 15) is 13.2 Å². The highest BCUT2D eigenvalue weighted by molar-refractivity contribution is 7.91. The highest BCUT2D eigenvalue weighted by Crippen LogP contribution is 2.20. The van der Waals surface area contributed by atoms with Gasteiger partial charge in [0.15, 0.2) is 9.84 Å². The Balaban J connectivity index is 1.52. The number of nitrogens with one attached hydrogen (secondary N) is 1. The van der Waals surface area contributed by atoms with Gasteiger partial charge in [0.1, 0.15) is 0 Å². The summed E-state index contributed by atoms with van der Waals surface area (Å²) in [6, 6.07) is 6.70. The molecule has 1 aromatic heterocycles. The number of benzene rings is 1. The van der Waals surface area contributed by atoms with Crippen molar-refractivity contribution in [1.82, 2.24) is 15.5 Å². The van der Waals surface area contributed by atoms with Gasteiger partial charge in [-0.25, -0.2) is 8.42 Å². The van der Waals surface area contributed by atoms with Crippen LogP contribution in [0.15, 0.2) is 28.7 Å². The van der Waals surface area contributed by atoms with E-state index in [1.807, 2.05) is 0 Å². The highest BCUT2D eigenvalue weighted by Gasteiger charge is 2.28. The van der Waals surface area contributed by atoms with Crippen LogP contribution in [0, 0.1) is 0 Å². The predicted octanol–water partition coefficient (Wildman–Crippen LogP) is 1.63.